The summed E-state index contributed by atoms with van der Waals surface area (Å²) in [5.41, 5.74) is 1.67. The van der Waals surface area contributed by atoms with Gasteiger partial charge in [0.25, 0.3) is 0 Å². The molecule has 0 saturated carbocycles. The second-order valence-corrected chi connectivity index (χ2v) is 5.07. The van der Waals surface area contributed by atoms with E-state index in [9.17, 15) is 0 Å². The number of ether oxygens (including phenoxy) is 2. The molecule has 0 saturated heterocycles. The fraction of sp³-hybridized carbons (Fsp3) is 0.286. The van der Waals surface area contributed by atoms with Gasteiger partial charge < -0.3 is 9.47 Å². The molecule has 20 heavy (non-hydrogen) atoms. The molecule has 4 nitrogen and oxygen atoms in total. The van der Waals surface area contributed by atoms with Crippen LogP contribution in [0.25, 0.3) is 0 Å². The largest absolute Gasteiger partial charge is 0.496 e. The van der Waals surface area contributed by atoms with E-state index >= 15 is 0 Å². The zero-order valence-electron chi connectivity index (χ0n) is 11.1. The Morgan fingerprint density at radius 2 is 1.95 bits per heavy atom. The van der Waals surface area contributed by atoms with E-state index in [1.807, 2.05) is 6.07 Å². The van der Waals surface area contributed by atoms with Crippen LogP contribution in [0, 0.1) is 0 Å². The summed E-state index contributed by atoms with van der Waals surface area (Å²) in [5, 5.41) is 0.333. The van der Waals surface area contributed by atoms with Gasteiger partial charge in [-0.15, -0.1) is 11.6 Å². The number of methoxy groups -OCH3 is 2. The van der Waals surface area contributed by atoms with Gasteiger partial charge in [0.15, 0.2) is 0 Å². The van der Waals surface area contributed by atoms with E-state index in [1.165, 1.54) is 6.33 Å². The highest BCUT2D eigenvalue weighted by Gasteiger charge is 2.15. The van der Waals surface area contributed by atoms with E-state index < -0.39 is 0 Å². The maximum Gasteiger partial charge on any atom is 0.216 e. The molecule has 1 aromatic heterocycles. The van der Waals surface area contributed by atoms with Gasteiger partial charge in [0.1, 0.15) is 12.1 Å². The quantitative estimate of drug-likeness (QED) is 0.790. The van der Waals surface area contributed by atoms with Crippen molar-refractivity contribution in [1.29, 1.82) is 0 Å². The topological polar surface area (TPSA) is 44.2 Å². The number of benzene rings is 1. The summed E-state index contributed by atoms with van der Waals surface area (Å²) >= 11 is 12.4. The Morgan fingerprint density at radius 3 is 2.65 bits per heavy atom. The Bertz CT molecular complexity index is 593. The lowest BCUT2D eigenvalue weighted by molar-refractivity contribution is 0.395. The van der Waals surface area contributed by atoms with Gasteiger partial charge in [-0.2, -0.15) is 0 Å². The molecule has 0 spiro atoms. The molecule has 2 aromatic rings. The number of rotatable bonds is 5. The number of hydrogen-bond acceptors (Lipinski definition) is 4. The third kappa shape index (κ3) is 3.52. The third-order valence-corrected chi connectivity index (χ3v) is 3.45. The Hall–Kier alpha value is -1.52. The maximum atomic E-state index is 6.45. The number of aromatic nitrogens is 2. The first-order valence-electron chi connectivity index (χ1n) is 5.96. The molecule has 0 aliphatic carbocycles. The summed E-state index contributed by atoms with van der Waals surface area (Å²) in [5.74, 6) is 1.18. The average Bonchev–Trinajstić information content (AvgIpc) is 2.47. The number of hydrogen-bond donors (Lipinski definition) is 0. The predicted octanol–water partition coefficient (Wildman–Crippen LogP) is 3.67. The van der Waals surface area contributed by atoms with Gasteiger partial charge in [-0.3, -0.25) is 0 Å². The van der Waals surface area contributed by atoms with Crippen LogP contribution in [-0.4, -0.2) is 24.2 Å². The molecule has 0 aliphatic rings. The fourth-order valence-corrected chi connectivity index (χ4v) is 2.34. The van der Waals surface area contributed by atoms with Crippen LogP contribution < -0.4 is 9.47 Å². The molecule has 1 heterocycles. The number of alkyl halides is 1. The molecule has 0 bridgehead atoms. The number of halogens is 2. The lowest BCUT2D eigenvalue weighted by Crippen LogP contribution is -2.02. The van der Waals surface area contributed by atoms with Crippen molar-refractivity contribution in [3.63, 3.8) is 0 Å². The summed E-state index contributed by atoms with van der Waals surface area (Å²) < 4.78 is 10.4. The van der Waals surface area contributed by atoms with Gasteiger partial charge >= 0.3 is 0 Å². The molecule has 0 aliphatic heterocycles. The van der Waals surface area contributed by atoms with Crippen LogP contribution in [0.5, 0.6) is 11.6 Å². The van der Waals surface area contributed by atoms with Crippen LogP contribution in [0.1, 0.15) is 16.6 Å². The standard InChI is InChI=1S/C14H14Cl2N2O2/c1-19-13-5-9(15)3-4-11(13)12(16)6-10-7-14(20-2)18-8-17-10/h3-5,7-8,12H,6H2,1-2H3. The molecule has 106 valence electrons. The SMILES string of the molecule is COc1cc(CC(Cl)c2ccc(Cl)cc2OC)ncn1. The van der Waals surface area contributed by atoms with Gasteiger partial charge in [0.05, 0.1) is 19.6 Å². The van der Waals surface area contributed by atoms with Crippen LogP contribution >= 0.6 is 23.2 Å². The van der Waals surface area contributed by atoms with Crippen molar-refractivity contribution in [1.82, 2.24) is 9.97 Å². The van der Waals surface area contributed by atoms with Crippen molar-refractivity contribution in [3.05, 3.63) is 46.9 Å². The summed E-state index contributed by atoms with van der Waals surface area (Å²) in [6, 6.07) is 7.15. The normalized spacial score (nSPS) is 12.0. The first-order chi connectivity index (χ1) is 9.63. The zero-order chi connectivity index (χ0) is 14.5. The van der Waals surface area contributed by atoms with E-state index in [-0.39, 0.29) is 5.38 Å². The predicted molar refractivity (Wildman–Crippen MR) is 78.9 cm³/mol. The highest BCUT2D eigenvalue weighted by Crippen LogP contribution is 2.34. The van der Waals surface area contributed by atoms with Gasteiger partial charge in [-0.05, 0) is 12.1 Å². The van der Waals surface area contributed by atoms with Gasteiger partial charge in [0, 0.05) is 28.8 Å². The highest BCUT2D eigenvalue weighted by molar-refractivity contribution is 6.30. The fourth-order valence-electron chi connectivity index (χ4n) is 1.84. The first-order valence-corrected chi connectivity index (χ1v) is 6.78. The zero-order valence-corrected chi connectivity index (χ0v) is 12.6. The molecule has 6 heteroatoms. The van der Waals surface area contributed by atoms with Crippen molar-refractivity contribution in [2.24, 2.45) is 0 Å². The lowest BCUT2D eigenvalue weighted by atomic mass is 10.1. The van der Waals surface area contributed by atoms with E-state index in [0.717, 1.165) is 11.3 Å². The molecule has 0 radical (unpaired) electrons. The van der Waals surface area contributed by atoms with E-state index in [1.54, 1.807) is 32.4 Å². The average molecular weight is 313 g/mol. The molecule has 0 fully saturated rings. The Kier molecular flexibility index (Phi) is 5.04. The smallest absolute Gasteiger partial charge is 0.216 e. The summed E-state index contributed by atoms with van der Waals surface area (Å²) in [6.45, 7) is 0. The molecule has 0 amide bonds. The second-order valence-electron chi connectivity index (χ2n) is 4.11. The highest BCUT2D eigenvalue weighted by atomic mass is 35.5. The lowest BCUT2D eigenvalue weighted by Gasteiger charge is -2.14. The molecule has 1 unspecified atom stereocenters. The van der Waals surface area contributed by atoms with E-state index in [0.29, 0.717) is 23.1 Å². The maximum absolute atomic E-state index is 6.45. The summed E-state index contributed by atoms with van der Waals surface area (Å²) in [4.78, 5) is 8.15. The minimum Gasteiger partial charge on any atom is -0.496 e. The van der Waals surface area contributed by atoms with Crippen molar-refractivity contribution in [2.75, 3.05) is 14.2 Å². The van der Waals surface area contributed by atoms with Crippen LogP contribution in [0.2, 0.25) is 5.02 Å². The third-order valence-electron chi connectivity index (χ3n) is 2.83. The van der Waals surface area contributed by atoms with E-state index in [2.05, 4.69) is 9.97 Å². The first kappa shape index (κ1) is 14.9. The Labute approximate surface area is 127 Å². The van der Waals surface area contributed by atoms with Crippen molar-refractivity contribution < 1.29 is 9.47 Å². The van der Waals surface area contributed by atoms with Crippen molar-refractivity contribution in [2.45, 2.75) is 11.8 Å². The summed E-state index contributed by atoms with van der Waals surface area (Å²) in [6.07, 6.45) is 2.00. The molecule has 0 N–H and O–H groups in total. The molecule has 1 aromatic carbocycles. The molecular weight excluding hydrogens is 299 g/mol. The van der Waals surface area contributed by atoms with Crippen LogP contribution in [0.3, 0.4) is 0 Å². The monoisotopic (exact) mass is 312 g/mol. The van der Waals surface area contributed by atoms with Crippen LogP contribution in [0.4, 0.5) is 0 Å². The minimum atomic E-state index is -0.276. The molecular formula is C14H14Cl2N2O2. The molecule has 1 atom stereocenters. The van der Waals surface area contributed by atoms with Crippen LogP contribution in [0.15, 0.2) is 30.6 Å². The van der Waals surface area contributed by atoms with Gasteiger partial charge in [-0.1, -0.05) is 17.7 Å². The Morgan fingerprint density at radius 1 is 1.15 bits per heavy atom. The molecule has 2 rings (SSSR count). The second kappa shape index (κ2) is 6.77. The minimum absolute atomic E-state index is 0.276. The van der Waals surface area contributed by atoms with Gasteiger partial charge in [0.2, 0.25) is 5.88 Å². The Balaban J connectivity index is 2.21. The summed E-state index contributed by atoms with van der Waals surface area (Å²) in [7, 11) is 3.15. The van der Waals surface area contributed by atoms with Crippen molar-refractivity contribution in [3.8, 4) is 11.6 Å². The number of nitrogens with zero attached hydrogens (tertiary/aromatic N) is 2. The van der Waals surface area contributed by atoms with Crippen LogP contribution in [-0.2, 0) is 6.42 Å². The van der Waals surface area contributed by atoms with Crippen molar-refractivity contribution >= 4 is 23.2 Å². The van der Waals surface area contributed by atoms with E-state index in [4.69, 9.17) is 32.7 Å². The van der Waals surface area contributed by atoms with Gasteiger partial charge in [-0.25, -0.2) is 9.97 Å².